The largest absolute Gasteiger partial charge is 0.458 e. The molecule has 18 heavy (non-hydrogen) atoms. The summed E-state index contributed by atoms with van der Waals surface area (Å²) >= 11 is 0. The van der Waals surface area contributed by atoms with Crippen LogP contribution in [-0.4, -0.2) is 22.0 Å². The van der Waals surface area contributed by atoms with Crippen molar-refractivity contribution in [1.29, 1.82) is 0 Å². The lowest BCUT2D eigenvalue weighted by atomic mass is 10.00. The van der Waals surface area contributed by atoms with E-state index in [1.807, 2.05) is 13.8 Å². The highest BCUT2D eigenvalue weighted by molar-refractivity contribution is 5.74. The van der Waals surface area contributed by atoms with Gasteiger partial charge in [-0.2, -0.15) is 5.10 Å². The second-order valence-electron chi connectivity index (χ2n) is 4.98. The smallest absolute Gasteiger partial charge is 0.310 e. The van der Waals surface area contributed by atoms with Gasteiger partial charge >= 0.3 is 5.56 Å². The zero-order valence-electron chi connectivity index (χ0n) is 10.5. The second-order valence-corrected chi connectivity index (χ2v) is 4.98. The highest BCUT2D eigenvalue weighted by Gasteiger charge is 2.27. The molecule has 1 fully saturated rings. The van der Waals surface area contributed by atoms with E-state index in [0.29, 0.717) is 5.58 Å². The Morgan fingerprint density at radius 1 is 1.33 bits per heavy atom. The summed E-state index contributed by atoms with van der Waals surface area (Å²) in [5, 5.41) is 5.01. The lowest BCUT2D eigenvalue weighted by molar-refractivity contribution is -0.0513. The molecule has 0 saturated carbocycles. The summed E-state index contributed by atoms with van der Waals surface area (Å²) in [5.74, 6) is 0. The molecule has 5 nitrogen and oxygen atoms in total. The highest BCUT2D eigenvalue weighted by Crippen LogP contribution is 2.27. The molecule has 0 spiro atoms. The van der Waals surface area contributed by atoms with Gasteiger partial charge in [0.2, 0.25) is 5.58 Å². The molecular formula is C13H16N2O3. The molecule has 0 aromatic carbocycles. The van der Waals surface area contributed by atoms with E-state index in [1.165, 1.54) is 6.26 Å². The van der Waals surface area contributed by atoms with E-state index in [1.54, 1.807) is 16.9 Å². The van der Waals surface area contributed by atoms with Crippen LogP contribution in [0.25, 0.3) is 11.0 Å². The topological polar surface area (TPSA) is 57.3 Å². The van der Waals surface area contributed by atoms with Crippen LogP contribution in [0.1, 0.15) is 32.7 Å². The monoisotopic (exact) mass is 248 g/mol. The molecule has 3 rings (SSSR count). The molecule has 5 heteroatoms. The van der Waals surface area contributed by atoms with Gasteiger partial charge in [-0.25, -0.2) is 4.68 Å². The quantitative estimate of drug-likeness (QED) is 0.775. The molecule has 0 aliphatic carbocycles. The fourth-order valence-corrected chi connectivity index (χ4v) is 2.71. The molecule has 2 unspecified atom stereocenters. The fraction of sp³-hybridized carbons (Fsp3) is 0.538. The van der Waals surface area contributed by atoms with Gasteiger partial charge < -0.3 is 9.15 Å². The van der Waals surface area contributed by atoms with E-state index in [4.69, 9.17) is 9.15 Å². The number of aromatic nitrogens is 2. The molecule has 0 radical (unpaired) electrons. The van der Waals surface area contributed by atoms with E-state index < -0.39 is 0 Å². The Morgan fingerprint density at radius 3 is 2.78 bits per heavy atom. The van der Waals surface area contributed by atoms with Gasteiger partial charge in [0.15, 0.2) is 0 Å². The molecule has 2 aromatic rings. The summed E-state index contributed by atoms with van der Waals surface area (Å²) in [6.45, 7) is 4.05. The molecule has 1 aliphatic rings. The van der Waals surface area contributed by atoms with Crippen LogP contribution in [0.4, 0.5) is 0 Å². The van der Waals surface area contributed by atoms with E-state index in [9.17, 15) is 4.79 Å². The van der Waals surface area contributed by atoms with Crippen LogP contribution in [0.2, 0.25) is 0 Å². The van der Waals surface area contributed by atoms with E-state index in [0.717, 1.165) is 18.2 Å². The van der Waals surface area contributed by atoms with Gasteiger partial charge in [-0.1, -0.05) is 0 Å². The standard InChI is InChI=1S/C13H16N2O3/c1-8-5-11(6-9(2)18-8)15-13(16)12-10(7-14-15)3-4-17-12/h3-4,7-9,11H,5-6H2,1-2H3. The number of hydrogen-bond acceptors (Lipinski definition) is 4. The summed E-state index contributed by atoms with van der Waals surface area (Å²) in [7, 11) is 0. The highest BCUT2D eigenvalue weighted by atomic mass is 16.5. The number of furan rings is 1. The van der Waals surface area contributed by atoms with E-state index in [-0.39, 0.29) is 23.8 Å². The Kier molecular flexibility index (Phi) is 2.70. The summed E-state index contributed by atoms with van der Waals surface area (Å²) in [6, 6.07) is 1.84. The maximum absolute atomic E-state index is 12.3. The van der Waals surface area contributed by atoms with Crippen LogP contribution in [0.15, 0.2) is 27.7 Å². The average Bonchev–Trinajstić information content (AvgIpc) is 2.77. The molecule has 2 aromatic heterocycles. The normalized spacial score (nSPS) is 28.7. The van der Waals surface area contributed by atoms with Gasteiger partial charge in [-0.3, -0.25) is 4.79 Å². The lowest BCUT2D eigenvalue weighted by Gasteiger charge is -2.32. The lowest BCUT2D eigenvalue weighted by Crippen LogP contribution is -2.36. The van der Waals surface area contributed by atoms with Gasteiger partial charge in [0.25, 0.3) is 0 Å². The van der Waals surface area contributed by atoms with Gasteiger partial charge in [0, 0.05) is 5.39 Å². The van der Waals surface area contributed by atoms with Crippen molar-refractivity contribution in [1.82, 2.24) is 9.78 Å². The molecule has 0 N–H and O–H groups in total. The average molecular weight is 248 g/mol. The molecular weight excluding hydrogens is 232 g/mol. The number of nitrogens with zero attached hydrogens (tertiary/aromatic N) is 2. The molecule has 96 valence electrons. The third-order valence-corrected chi connectivity index (χ3v) is 3.44. The third-order valence-electron chi connectivity index (χ3n) is 3.44. The van der Waals surface area contributed by atoms with Gasteiger partial charge in [-0.15, -0.1) is 0 Å². The Labute approximate surface area is 104 Å². The van der Waals surface area contributed by atoms with Crippen molar-refractivity contribution in [3.05, 3.63) is 28.9 Å². The zero-order valence-corrected chi connectivity index (χ0v) is 10.5. The second kappa shape index (κ2) is 4.24. The van der Waals surface area contributed by atoms with Crippen LogP contribution in [0.3, 0.4) is 0 Å². The first-order valence-corrected chi connectivity index (χ1v) is 6.25. The van der Waals surface area contributed by atoms with Crippen LogP contribution in [0, 0.1) is 0 Å². The Balaban J connectivity index is 2.03. The van der Waals surface area contributed by atoms with Crippen LogP contribution >= 0.6 is 0 Å². The summed E-state index contributed by atoms with van der Waals surface area (Å²) in [6.07, 6.45) is 5.13. The number of fused-ring (bicyclic) bond motifs is 1. The first-order valence-electron chi connectivity index (χ1n) is 6.25. The van der Waals surface area contributed by atoms with Gasteiger partial charge in [-0.05, 0) is 32.8 Å². The fourth-order valence-electron chi connectivity index (χ4n) is 2.71. The number of hydrogen-bond donors (Lipinski definition) is 0. The van der Waals surface area contributed by atoms with Crippen molar-refractivity contribution < 1.29 is 9.15 Å². The minimum Gasteiger partial charge on any atom is -0.458 e. The van der Waals surface area contributed by atoms with Crippen LogP contribution in [0.5, 0.6) is 0 Å². The minimum absolute atomic E-state index is 0.0887. The summed E-state index contributed by atoms with van der Waals surface area (Å²) in [5.41, 5.74) is 0.237. The van der Waals surface area contributed by atoms with Crippen molar-refractivity contribution >= 4 is 11.0 Å². The number of rotatable bonds is 1. The van der Waals surface area contributed by atoms with Crippen molar-refractivity contribution in [2.75, 3.05) is 0 Å². The van der Waals surface area contributed by atoms with Crippen molar-refractivity contribution in [2.24, 2.45) is 0 Å². The third kappa shape index (κ3) is 1.84. The Hall–Kier alpha value is -1.62. The summed E-state index contributed by atoms with van der Waals surface area (Å²) in [4.78, 5) is 12.3. The van der Waals surface area contributed by atoms with Crippen molar-refractivity contribution in [2.45, 2.75) is 44.9 Å². The van der Waals surface area contributed by atoms with E-state index in [2.05, 4.69) is 5.10 Å². The SMILES string of the molecule is CC1CC(n2ncc3ccoc3c2=O)CC(C)O1. The van der Waals surface area contributed by atoms with Gasteiger partial charge in [0.1, 0.15) is 0 Å². The van der Waals surface area contributed by atoms with Gasteiger partial charge in [0.05, 0.1) is 30.7 Å². The van der Waals surface area contributed by atoms with Crippen molar-refractivity contribution in [3.8, 4) is 0 Å². The first kappa shape index (κ1) is 11.5. The first-order chi connectivity index (χ1) is 8.65. The molecule has 0 bridgehead atoms. The predicted octanol–water partition coefficient (Wildman–Crippen LogP) is 2.12. The molecule has 0 amide bonds. The predicted molar refractivity (Wildman–Crippen MR) is 66.5 cm³/mol. The van der Waals surface area contributed by atoms with Crippen molar-refractivity contribution in [3.63, 3.8) is 0 Å². The molecule has 3 heterocycles. The molecule has 1 aliphatic heterocycles. The van der Waals surface area contributed by atoms with E-state index >= 15 is 0 Å². The van der Waals surface area contributed by atoms with Crippen LogP contribution < -0.4 is 5.56 Å². The molecule has 1 saturated heterocycles. The zero-order chi connectivity index (χ0) is 12.7. The maximum atomic E-state index is 12.3. The number of ether oxygens (including phenoxy) is 1. The Morgan fingerprint density at radius 2 is 2.06 bits per heavy atom. The maximum Gasteiger partial charge on any atom is 0.310 e. The molecule has 2 atom stereocenters. The minimum atomic E-state index is -0.149. The van der Waals surface area contributed by atoms with Crippen LogP contribution in [-0.2, 0) is 4.74 Å². The summed E-state index contributed by atoms with van der Waals surface area (Å²) < 4.78 is 12.5. The Bertz CT molecular complexity index is 606.